The Labute approximate surface area is 210 Å². The summed E-state index contributed by atoms with van der Waals surface area (Å²) in [4.78, 5) is 0. The molecule has 0 amide bonds. The van der Waals surface area contributed by atoms with Crippen LogP contribution in [0.3, 0.4) is 0 Å². The Balaban J connectivity index is 1.30. The Morgan fingerprint density at radius 3 is 1.94 bits per heavy atom. The Kier molecular flexibility index (Phi) is 8.68. The van der Waals surface area contributed by atoms with Crippen LogP contribution in [0.25, 0.3) is 12.2 Å². The molecule has 0 saturated carbocycles. The van der Waals surface area contributed by atoms with Gasteiger partial charge in [0.15, 0.2) is 0 Å². The minimum absolute atomic E-state index is 0.161. The smallest absolute Gasteiger partial charge is 0.130 e. The number of halogens is 1. The van der Waals surface area contributed by atoms with Crippen LogP contribution in [0.15, 0.2) is 97.1 Å². The molecule has 4 rings (SSSR count). The van der Waals surface area contributed by atoms with Gasteiger partial charge in [-0.3, -0.25) is 0 Å². The number of hydrogen-bond acceptors (Lipinski definition) is 0. The van der Waals surface area contributed by atoms with Gasteiger partial charge in [-0.1, -0.05) is 123 Å². The molecule has 178 valence electrons. The first-order chi connectivity index (χ1) is 17.1. The standard InChI is InChI=1S/C34H35F/c1-3-7-27-10-12-29(13-11-27)20-22-33-23-21-31(25-34(33)35)19-16-28-14-17-30(18-15-28)24-26(2)32-8-5-4-6-9-32/h4-6,8-15,17-18,20-23,25-26H,3,7,16,19,24H2,1-2H3/b22-20+. The summed E-state index contributed by atoms with van der Waals surface area (Å²) in [6.45, 7) is 4.46. The van der Waals surface area contributed by atoms with Crippen molar-refractivity contribution in [1.29, 1.82) is 0 Å². The maximum atomic E-state index is 14.7. The van der Waals surface area contributed by atoms with E-state index in [4.69, 9.17) is 0 Å². The molecule has 4 aromatic carbocycles. The first-order valence-electron chi connectivity index (χ1n) is 12.8. The fourth-order valence-electron chi connectivity index (χ4n) is 4.52. The van der Waals surface area contributed by atoms with E-state index in [2.05, 4.69) is 92.7 Å². The number of rotatable bonds is 10. The van der Waals surface area contributed by atoms with E-state index in [1.807, 2.05) is 24.3 Å². The zero-order valence-corrected chi connectivity index (χ0v) is 20.9. The predicted octanol–water partition coefficient (Wildman–Crippen LogP) is 9.08. The monoisotopic (exact) mass is 462 g/mol. The van der Waals surface area contributed by atoms with Crippen molar-refractivity contribution < 1.29 is 4.39 Å². The molecule has 0 saturated heterocycles. The lowest BCUT2D eigenvalue weighted by molar-refractivity contribution is 0.622. The highest BCUT2D eigenvalue weighted by Gasteiger charge is 2.07. The molecule has 0 aromatic heterocycles. The lowest BCUT2D eigenvalue weighted by Crippen LogP contribution is -1.99. The van der Waals surface area contributed by atoms with Crippen molar-refractivity contribution in [1.82, 2.24) is 0 Å². The average molecular weight is 463 g/mol. The molecule has 0 spiro atoms. The largest absolute Gasteiger partial charge is 0.206 e. The van der Waals surface area contributed by atoms with Gasteiger partial charge in [-0.25, -0.2) is 4.39 Å². The highest BCUT2D eigenvalue weighted by atomic mass is 19.1. The van der Waals surface area contributed by atoms with E-state index < -0.39 is 0 Å². The van der Waals surface area contributed by atoms with E-state index in [1.165, 1.54) is 22.3 Å². The van der Waals surface area contributed by atoms with Gasteiger partial charge in [0.1, 0.15) is 5.82 Å². The van der Waals surface area contributed by atoms with Crippen molar-refractivity contribution in [3.8, 4) is 0 Å². The van der Waals surface area contributed by atoms with E-state index in [0.717, 1.165) is 43.2 Å². The Hall–Kier alpha value is -3.45. The van der Waals surface area contributed by atoms with Crippen LogP contribution in [0.4, 0.5) is 4.39 Å². The zero-order valence-electron chi connectivity index (χ0n) is 20.9. The lowest BCUT2D eigenvalue weighted by atomic mass is 9.93. The molecule has 1 atom stereocenters. The second-order valence-electron chi connectivity index (χ2n) is 9.51. The van der Waals surface area contributed by atoms with Gasteiger partial charge in [-0.15, -0.1) is 0 Å². The molecule has 0 radical (unpaired) electrons. The Morgan fingerprint density at radius 2 is 1.26 bits per heavy atom. The van der Waals surface area contributed by atoms with Crippen molar-refractivity contribution in [2.75, 3.05) is 0 Å². The van der Waals surface area contributed by atoms with E-state index in [0.29, 0.717) is 11.5 Å². The predicted molar refractivity (Wildman–Crippen MR) is 148 cm³/mol. The van der Waals surface area contributed by atoms with Crippen LogP contribution in [0.1, 0.15) is 65.1 Å². The second-order valence-corrected chi connectivity index (χ2v) is 9.51. The van der Waals surface area contributed by atoms with E-state index in [9.17, 15) is 4.39 Å². The number of aryl methyl sites for hydroxylation is 3. The third-order valence-electron chi connectivity index (χ3n) is 6.67. The topological polar surface area (TPSA) is 0 Å². The molecule has 0 bridgehead atoms. The molecule has 0 N–H and O–H groups in total. The Morgan fingerprint density at radius 1 is 0.657 bits per heavy atom. The van der Waals surface area contributed by atoms with Crippen LogP contribution < -0.4 is 0 Å². The number of benzene rings is 4. The minimum Gasteiger partial charge on any atom is -0.206 e. The fraction of sp³-hybridized carbons (Fsp3) is 0.235. The third kappa shape index (κ3) is 7.26. The summed E-state index contributed by atoms with van der Waals surface area (Å²) < 4.78 is 14.7. The van der Waals surface area contributed by atoms with Crippen LogP contribution in [0, 0.1) is 5.82 Å². The summed E-state index contributed by atoms with van der Waals surface area (Å²) in [5.74, 6) is 0.338. The SMILES string of the molecule is CCCc1ccc(/C=C/c2ccc(CCc3ccc(CC(C)c4ccccc4)cc3)cc2F)cc1. The molecule has 0 aliphatic rings. The molecule has 0 aliphatic heterocycles. The molecule has 0 nitrogen and oxygen atoms in total. The molecule has 0 fully saturated rings. The summed E-state index contributed by atoms with van der Waals surface area (Å²) in [6, 6.07) is 33.7. The molecule has 35 heavy (non-hydrogen) atoms. The van der Waals surface area contributed by atoms with Gasteiger partial charge in [-0.2, -0.15) is 0 Å². The molecule has 1 heteroatoms. The van der Waals surface area contributed by atoms with E-state index >= 15 is 0 Å². The van der Waals surface area contributed by atoms with Crippen LogP contribution in [-0.2, 0) is 25.7 Å². The lowest BCUT2D eigenvalue weighted by Gasteiger charge is -2.12. The fourth-order valence-corrected chi connectivity index (χ4v) is 4.52. The van der Waals surface area contributed by atoms with Crippen molar-refractivity contribution in [3.05, 3.63) is 142 Å². The van der Waals surface area contributed by atoms with E-state index in [-0.39, 0.29) is 5.82 Å². The van der Waals surface area contributed by atoms with Gasteiger partial charge in [0.2, 0.25) is 0 Å². The first kappa shape index (κ1) is 24.7. The minimum atomic E-state index is -0.161. The van der Waals surface area contributed by atoms with Gasteiger partial charge in [0.05, 0.1) is 0 Å². The normalized spacial score (nSPS) is 12.2. The average Bonchev–Trinajstić information content (AvgIpc) is 2.89. The van der Waals surface area contributed by atoms with Gasteiger partial charge < -0.3 is 0 Å². The maximum Gasteiger partial charge on any atom is 0.130 e. The third-order valence-corrected chi connectivity index (χ3v) is 6.67. The highest BCUT2D eigenvalue weighted by Crippen LogP contribution is 2.21. The van der Waals surface area contributed by atoms with Crippen molar-refractivity contribution in [3.63, 3.8) is 0 Å². The van der Waals surface area contributed by atoms with Crippen molar-refractivity contribution in [2.45, 2.75) is 51.9 Å². The van der Waals surface area contributed by atoms with Gasteiger partial charge >= 0.3 is 0 Å². The van der Waals surface area contributed by atoms with Crippen LogP contribution >= 0.6 is 0 Å². The summed E-state index contributed by atoms with van der Waals surface area (Å²) >= 11 is 0. The van der Waals surface area contributed by atoms with Crippen molar-refractivity contribution in [2.24, 2.45) is 0 Å². The van der Waals surface area contributed by atoms with Crippen molar-refractivity contribution >= 4 is 12.2 Å². The Bertz CT molecular complexity index is 1220. The zero-order chi connectivity index (χ0) is 24.5. The van der Waals surface area contributed by atoms with Crippen LogP contribution in [0.2, 0.25) is 0 Å². The molecule has 1 unspecified atom stereocenters. The molecular weight excluding hydrogens is 427 g/mol. The first-order valence-corrected chi connectivity index (χ1v) is 12.8. The van der Waals surface area contributed by atoms with Crippen LogP contribution in [0.5, 0.6) is 0 Å². The molecule has 0 aliphatic carbocycles. The van der Waals surface area contributed by atoms with Gasteiger partial charge in [-0.05, 0) is 71.0 Å². The summed E-state index contributed by atoms with van der Waals surface area (Å²) in [5.41, 5.74) is 8.12. The second kappa shape index (κ2) is 12.3. The van der Waals surface area contributed by atoms with Gasteiger partial charge in [0, 0.05) is 5.56 Å². The number of hydrogen-bond donors (Lipinski definition) is 0. The van der Waals surface area contributed by atoms with Crippen LogP contribution in [-0.4, -0.2) is 0 Å². The van der Waals surface area contributed by atoms with E-state index in [1.54, 1.807) is 6.07 Å². The highest BCUT2D eigenvalue weighted by molar-refractivity contribution is 5.70. The quantitative estimate of drug-likeness (QED) is 0.206. The van der Waals surface area contributed by atoms with Gasteiger partial charge in [0.25, 0.3) is 0 Å². The molecule has 4 aromatic rings. The maximum absolute atomic E-state index is 14.7. The molecule has 0 heterocycles. The summed E-state index contributed by atoms with van der Waals surface area (Å²) in [6.07, 6.45) is 8.86. The summed E-state index contributed by atoms with van der Waals surface area (Å²) in [7, 11) is 0. The summed E-state index contributed by atoms with van der Waals surface area (Å²) in [5, 5.41) is 0. The molecular formula is C34H35F.